The molecule has 1 rings (SSSR count). The number of likely N-dealkylation sites (tertiary alicyclic amines) is 1. The molecule has 1 fully saturated rings. The SMILES string of the molecule is CC=CC(=O)N1CCC(C)C(N)C1. The molecule has 2 atom stereocenters. The van der Waals surface area contributed by atoms with Crippen molar-refractivity contribution in [3.63, 3.8) is 0 Å². The van der Waals surface area contributed by atoms with Crippen molar-refractivity contribution in [2.75, 3.05) is 13.1 Å². The quantitative estimate of drug-likeness (QED) is 0.608. The van der Waals surface area contributed by atoms with Gasteiger partial charge >= 0.3 is 0 Å². The van der Waals surface area contributed by atoms with Gasteiger partial charge in [-0.05, 0) is 25.3 Å². The predicted molar refractivity (Wildman–Crippen MR) is 53.2 cm³/mol. The first-order valence-electron chi connectivity index (χ1n) is 4.82. The van der Waals surface area contributed by atoms with Gasteiger partial charge in [0, 0.05) is 19.1 Å². The molecule has 74 valence electrons. The molecule has 1 saturated heterocycles. The van der Waals surface area contributed by atoms with Gasteiger partial charge in [0.25, 0.3) is 0 Å². The first kappa shape index (κ1) is 10.3. The summed E-state index contributed by atoms with van der Waals surface area (Å²) >= 11 is 0. The van der Waals surface area contributed by atoms with Crippen molar-refractivity contribution < 1.29 is 4.79 Å². The molecule has 0 radical (unpaired) electrons. The van der Waals surface area contributed by atoms with Crippen molar-refractivity contribution in [2.24, 2.45) is 11.7 Å². The molecule has 2 N–H and O–H groups in total. The third-order valence-electron chi connectivity index (χ3n) is 2.64. The van der Waals surface area contributed by atoms with Crippen LogP contribution in [-0.2, 0) is 4.79 Å². The maximum absolute atomic E-state index is 11.4. The van der Waals surface area contributed by atoms with Gasteiger partial charge < -0.3 is 10.6 Å². The summed E-state index contributed by atoms with van der Waals surface area (Å²) in [6, 6.07) is 0.142. The van der Waals surface area contributed by atoms with Gasteiger partial charge in [0.05, 0.1) is 0 Å². The maximum Gasteiger partial charge on any atom is 0.246 e. The van der Waals surface area contributed by atoms with E-state index >= 15 is 0 Å². The summed E-state index contributed by atoms with van der Waals surface area (Å²) in [6.45, 7) is 5.54. The highest BCUT2D eigenvalue weighted by molar-refractivity contribution is 5.87. The van der Waals surface area contributed by atoms with Crippen LogP contribution in [0, 0.1) is 5.92 Å². The van der Waals surface area contributed by atoms with Crippen molar-refractivity contribution in [1.82, 2.24) is 4.90 Å². The van der Waals surface area contributed by atoms with Crippen molar-refractivity contribution in [2.45, 2.75) is 26.3 Å². The Bertz CT molecular complexity index is 213. The lowest BCUT2D eigenvalue weighted by Crippen LogP contribution is -2.49. The largest absolute Gasteiger partial charge is 0.338 e. The van der Waals surface area contributed by atoms with E-state index in [1.54, 1.807) is 12.2 Å². The van der Waals surface area contributed by atoms with Crippen LogP contribution in [0.5, 0.6) is 0 Å². The Hall–Kier alpha value is -0.830. The third-order valence-corrected chi connectivity index (χ3v) is 2.64. The van der Waals surface area contributed by atoms with Gasteiger partial charge in [-0.25, -0.2) is 0 Å². The van der Waals surface area contributed by atoms with Gasteiger partial charge in [0.1, 0.15) is 0 Å². The number of carbonyl (C=O) groups excluding carboxylic acids is 1. The highest BCUT2D eigenvalue weighted by Crippen LogP contribution is 2.15. The van der Waals surface area contributed by atoms with Gasteiger partial charge in [-0.2, -0.15) is 0 Å². The van der Waals surface area contributed by atoms with Crippen LogP contribution < -0.4 is 5.73 Å². The molecule has 0 saturated carbocycles. The van der Waals surface area contributed by atoms with E-state index in [2.05, 4.69) is 6.92 Å². The Morgan fingerprint density at radius 2 is 2.31 bits per heavy atom. The summed E-state index contributed by atoms with van der Waals surface area (Å²) in [5.74, 6) is 0.625. The number of nitrogens with zero attached hydrogens (tertiary/aromatic N) is 1. The van der Waals surface area contributed by atoms with Gasteiger partial charge in [0.2, 0.25) is 5.91 Å². The Morgan fingerprint density at radius 3 is 2.85 bits per heavy atom. The minimum absolute atomic E-state index is 0.0878. The van der Waals surface area contributed by atoms with Crippen molar-refractivity contribution in [1.29, 1.82) is 0 Å². The Balaban J connectivity index is 2.50. The number of amides is 1. The molecule has 0 aromatic rings. The van der Waals surface area contributed by atoms with E-state index in [-0.39, 0.29) is 11.9 Å². The van der Waals surface area contributed by atoms with Gasteiger partial charge in [-0.3, -0.25) is 4.79 Å². The number of rotatable bonds is 1. The van der Waals surface area contributed by atoms with Crippen LogP contribution in [0.3, 0.4) is 0 Å². The first-order valence-corrected chi connectivity index (χ1v) is 4.82. The number of carbonyl (C=O) groups is 1. The second-order valence-electron chi connectivity index (χ2n) is 3.71. The summed E-state index contributed by atoms with van der Waals surface area (Å²) in [5.41, 5.74) is 5.88. The van der Waals surface area contributed by atoms with Crippen LogP contribution in [0.1, 0.15) is 20.3 Å². The number of piperidine rings is 1. The Labute approximate surface area is 79.6 Å². The van der Waals surface area contributed by atoms with Crippen molar-refractivity contribution in [3.05, 3.63) is 12.2 Å². The van der Waals surface area contributed by atoms with E-state index in [9.17, 15) is 4.79 Å². The van der Waals surface area contributed by atoms with Crippen LogP contribution in [0.25, 0.3) is 0 Å². The minimum atomic E-state index is 0.0878. The highest BCUT2D eigenvalue weighted by Gasteiger charge is 2.24. The topological polar surface area (TPSA) is 46.3 Å². The van der Waals surface area contributed by atoms with Gasteiger partial charge in [-0.15, -0.1) is 0 Å². The van der Waals surface area contributed by atoms with E-state index in [1.807, 2.05) is 11.8 Å². The molecule has 2 unspecified atom stereocenters. The second-order valence-corrected chi connectivity index (χ2v) is 3.71. The molecule has 1 aliphatic heterocycles. The maximum atomic E-state index is 11.4. The lowest BCUT2D eigenvalue weighted by atomic mass is 9.94. The monoisotopic (exact) mass is 182 g/mol. The number of allylic oxidation sites excluding steroid dienone is 1. The van der Waals surface area contributed by atoms with E-state index in [0.717, 1.165) is 13.0 Å². The third kappa shape index (κ3) is 2.56. The van der Waals surface area contributed by atoms with Crippen LogP contribution in [0.4, 0.5) is 0 Å². The van der Waals surface area contributed by atoms with Crippen molar-refractivity contribution in [3.8, 4) is 0 Å². The summed E-state index contributed by atoms with van der Waals surface area (Å²) in [6.07, 6.45) is 4.39. The summed E-state index contributed by atoms with van der Waals surface area (Å²) < 4.78 is 0. The zero-order valence-corrected chi connectivity index (χ0v) is 8.36. The molecule has 1 aliphatic rings. The Morgan fingerprint density at radius 1 is 1.62 bits per heavy atom. The molecule has 0 aromatic carbocycles. The van der Waals surface area contributed by atoms with E-state index in [1.165, 1.54) is 0 Å². The normalized spacial score (nSPS) is 29.6. The average Bonchev–Trinajstić information content (AvgIpc) is 2.10. The second kappa shape index (κ2) is 4.42. The zero-order chi connectivity index (χ0) is 9.84. The van der Waals surface area contributed by atoms with Gasteiger partial charge in [-0.1, -0.05) is 13.0 Å². The molecule has 0 bridgehead atoms. The van der Waals surface area contributed by atoms with Crippen LogP contribution in [0.15, 0.2) is 12.2 Å². The predicted octanol–water partition coefficient (Wildman–Crippen LogP) is 0.758. The molecule has 0 aliphatic carbocycles. The average molecular weight is 182 g/mol. The summed E-state index contributed by atoms with van der Waals surface area (Å²) in [4.78, 5) is 13.3. The first-order chi connectivity index (χ1) is 6.15. The van der Waals surface area contributed by atoms with Crippen molar-refractivity contribution >= 4 is 5.91 Å². The lowest BCUT2D eigenvalue weighted by molar-refractivity contribution is -0.127. The van der Waals surface area contributed by atoms with Gasteiger partial charge in [0.15, 0.2) is 0 Å². The molecule has 0 aromatic heterocycles. The number of hydrogen-bond donors (Lipinski definition) is 1. The minimum Gasteiger partial charge on any atom is -0.338 e. The standard InChI is InChI=1S/C10H18N2O/c1-3-4-10(13)12-6-5-8(2)9(11)7-12/h3-4,8-9H,5-7,11H2,1-2H3. The highest BCUT2D eigenvalue weighted by atomic mass is 16.2. The smallest absolute Gasteiger partial charge is 0.246 e. The summed E-state index contributed by atoms with van der Waals surface area (Å²) in [7, 11) is 0. The van der Waals surface area contributed by atoms with Crippen LogP contribution >= 0.6 is 0 Å². The molecular weight excluding hydrogens is 164 g/mol. The number of nitrogens with two attached hydrogens (primary N) is 1. The molecule has 3 heteroatoms. The fourth-order valence-corrected chi connectivity index (χ4v) is 1.55. The Kier molecular flexibility index (Phi) is 3.48. The molecular formula is C10H18N2O. The fraction of sp³-hybridized carbons (Fsp3) is 0.700. The molecule has 3 nitrogen and oxygen atoms in total. The molecule has 1 amide bonds. The van der Waals surface area contributed by atoms with E-state index < -0.39 is 0 Å². The van der Waals surface area contributed by atoms with E-state index in [4.69, 9.17) is 5.73 Å². The lowest BCUT2D eigenvalue weighted by Gasteiger charge is -2.34. The van der Waals surface area contributed by atoms with E-state index in [0.29, 0.717) is 12.5 Å². The zero-order valence-electron chi connectivity index (χ0n) is 8.36. The molecule has 0 spiro atoms. The number of hydrogen-bond acceptors (Lipinski definition) is 2. The molecule has 13 heavy (non-hydrogen) atoms. The van der Waals surface area contributed by atoms with Crippen LogP contribution in [-0.4, -0.2) is 29.9 Å². The fourth-order valence-electron chi connectivity index (χ4n) is 1.55. The molecule has 1 heterocycles. The van der Waals surface area contributed by atoms with Crippen LogP contribution in [0.2, 0.25) is 0 Å². The summed E-state index contributed by atoms with van der Waals surface area (Å²) in [5, 5.41) is 0.